The standard InChI is InChI=1S/C10H22O3.C6H15NO3/c1-3-5-7-12-8-6-9-13-10(11)4-2;8-4-1-7(2-5-9)3-6-10/h10-11H,3-9H2,1-2H3;8-10H,1-6H2. The van der Waals surface area contributed by atoms with E-state index >= 15 is 0 Å². The Morgan fingerprint density at radius 2 is 1.35 bits per heavy atom. The fourth-order valence-corrected chi connectivity index (χ4v) is 1.61. The average Bonchev–Trinajstić information content (AvgIpc) is 2.55. The van der Waals surface area contributed by atoms with Gasteiger partial charge in [0, 0.05) is 32.8 Å². The van der Waals surface area contributed by atoms with E-state index in [1.165, 1.54) is 6.42 Å². The van der Waals surface area contributed by atoms with Gasteiger partial charge in [0.15, 0.2) is 6.29 Å². The number of hydrogen-bond donors (Lipinski definition) is 4. The molecule has 0 spiro atoms. The predicted octanol–water partition coefficient (Wildman–Crippen LogP) is 0.204. The number of rotatable bonds is 15. The summed E-state index contributed by atoms with van der Waals surface area (Å²) in [5, 5.41) is 34.5. The van der Waals surface area contributed by atoms with Gasteiger partial charge in [0.1, 0.15) is 0 Å². The average molecular weight is 339 g/mol. The molecule has 7 nitrogen and oxygen atoms in total. The molecule has 0 bridgehead atoms. The van der Waals surface area contributed by atoms with Crippen molar-refractivity contribution in [2.45, 2.75) is 45.8 Å². The van der Waals surface area contributed by atoms with Crippen LogP contribution in [0.1, 0.15) is 39.5 Å². The number of nitrogens with zero attached hydrogens (tertiary/aromatic N) is 1. The van der Waals surface area contributed by atoms with Gasteiger partial charge in [-0.1, -0.05) is 20.3 Å². The molecule has 0 saturated carbocycles. The molecule has 0 saturated heterocycles. The number of aliphatic hydroxyl groups excluding tert-OH is 4. The fraction of sp³-hybridized carbons (Fsp3) is 1.00. The summed E-state index contributed by atoms with van der Waals surface area (Å²) in [6.45, 7) is 7.94. The van der Waals surface area contributed by atoms with Crippen molar-refractivity contribution in [1.29, 1.82) is 0 Å². The van der Waals surface area contributed by atoms with Crippen molar-refractivity contribution in [3.63, 3.8) is 0 Å². The highest BCUT2D eigenvalue weighted by Gasteiger charge is 2.00. The minimum atomic E-state index is -0.601. The normalized spacial score (nSPS) is 12.1. The molecule has 0 aliphatic heterocycles. The summed E-state index contributed by atoms with van der Waals surface area (Å²) in [6.07, 6.45) is 3.21. The highest BCUT2D eigenvalue weighted by atomic mass is 16.6. The molecule has 0 rings (SSSR count). The van der Waals surface area contributed by atoms with Crippen LogP contribution in [0.25, 0.3) is 0 Å². The van der Waals surface area contributed by atoms with E-state index in [0.717, 1.165) is 26.1 Å². The smallest absolute Gasteiger partial charge is 0.154 e. The summed E-state index contributed by atoms with van der Waals surface area (Å²) in [4.78, 5) is 1.79. The maximum atomic E-state index is 9.04. The van der Waals surface area contributed by atoms with E-state index < -0.39 is 6.29 Å². The lowest BCUT2D eigenvalue weighted by Gasteiger charge is -2.17. The zero-order valence-electron chi connectivity index (χ0n) is 14.8. The SMILES string of the molecule is CCCCOCCCOC(O)CC.OCCN(CCO)CCO. The highest BCUT2D eigenvalue weighted by Crippen LogP contribution is 1.95. The van der Waals surface area contributed by atoms with E-state index in [2.05, 4.69) is 6.92 Å². The number of aliphatic hydroxyl groups is 4. The maximum absolute atomic E-state index is 9.04. The summed E-state index contributed by atoms with van der Waals surface area (Å²) < 4.78 is 10.4. The second-order valence-electron chi connectivity index (χ2n) is 5.07. The molecule has 0 aliphatic rings. The van der Waals surface area contributed by atoms with Crippen molar-refractivity contribution in [3.8, 4) is 0 Å². The Labute approximate surface area is 140 Å². The van der Waals surface area contributed by atoms with Gasteiger partial charge >= 0.3 is 0 Å². The highest BCUT2D eigenvalue weighted by molar-refractivity contribution is 4.54. The molecule has 7 heteroatoms. The van der Waals surface area contributed by atoms with E-state index in [1.807, 2.05) is 6.92 Å². The summed E-state index contributed by atoms with van der Waals surface area (Å²) in [7, 11) is 0. The second kappa shape index (κ2) is 21.7. The minimum Gasteiger partial charge on any atom is -0.395 e. The van der Waals surface area contributed by atoms with Gasteiger partial charge in [0.25, 0.3) is 0 Å². The third kappa shape index (κ3) is 21.7. The van der Waals surface area contributed by atoms with Crippen LogP contribution in [0.3, 0.4) is 0 Å². The molecule has 4 N–H and O–H groups in total. The van der Waals surface area contributed by atoms with Crippen LogP contribution in [0.2, 0.25) is 0 Å². The molecular formula is C16H37NO6. The Morgan fingerprint density at radius 3 is 1.78 bits per heavy atom. The van der Waals surface area contributed by atoms with Crippen LogP contribution in [0.4, 0.5) is 0 Å². The first-order valence-corrected chi connectivity index (χ1v) is 8.58. The summed E-state index contributed by atoms with van der Waals surface area (Å²) in [5.74, 6) is 0. The van der Waals surface area contributed by atoms with Crippen molar-refractivity contribution >= 4 is 0 Å². The molecular weight excluding hydrogens is 302 g/mol. The van der Waals surface area contributed by atoms with Crippen LogP contribution < -0.4 is 0 Å². The van der Waals surface area contributed by atoms with Crippen molar-refractivity contribution in [2.24, 2.45) is 0 Å². The van der Waals surface area contributed by atoms with E-state index in [4.69, 9.17) is 29.9 Å². The largest absolute Gasteiger partial charge is 0.395 e. The molecule has 0 amide bonds. The van der Waals surface area contributed by atoms with Gasteiger partial charge in [-0.05, 0) is 19.3 Å². The third-order valence-corrected chi connectivity index (χ3v) is 2.98. The summed E-state index contributed by atoms with van der Waals surface area (Å²) in [6, 6.07) is 0. The van der Waals surface area contributed by atoms with Gasteiger partial charge in [0.2, 0.25) is 0 Å². The maximum Gasteiger partial charge on any atom is 0.154 e. The van der Waals surface area contributed by atoms with E-state index in [1.54, 1.807) is 4.90 Å². The summed E-state index contributed by atoms with van der Waals surface area (Å²) >= 11 is 0. The van der Waals surface area contributed by atoms with Gasteiger partial charge in [-0.2, -0.15) is 0 Å². The molecule has 142 valence electrons. The zero-order valence-corrected chi connectivity index (χ0v) is 14.8. The van der Waals surface area contributed by atoms with Crippen molar-refractivity contribution in [1.82, 2.24) is 4.90 Å². The Balaban J connectivity index is 0. The minimum absolute atomic E-state index is 0.0694. The lowest BCUT2D eigenvalue weighted by atomic mass is 10.4. The number of hydrogen-bond acceptors (Lipinski definition) is 7. The van der Waals surface area contributed by atoms with E-state index in [-0.39, 0.29) is 19.8 Å². The van der Waals surface area contributed by atoms with Crippen LogP contribution in [0, 0.1) is 0 Å². The van der Waals surface area contributed by atoms with Gasteiger partial charge < -0.3 is 29.9 Å². The molecule has 0 aromatic rings. The van der Waals surface area contributed by atoms with E-state index in [9.17, 15) is 0 Å². The quantitative estimate of drug-likeness (QED) is 0.250. The second-order valence-corrected chi connectivity index (χ2v) is 5.07. The topological polar surface area (TPSA) is 103 Å². The van der Waals surface area contributed by atoms with E-state index in [0.29, 0.717) is 32.7 Å². The van der Waals surface area contributed by atoms with Gasteiger partial charge in [-0.25, -0.2) is 0 Å². The molecule has 0 fully saturated rings. The van der Waals surface area contributed by atoms with Crippen LogP contribution in [-0.4, -0.2) is 90.9 Å². The van der Waals surface area contributed by atoms with Crippen molar-refractivity contribution in [3.05, 3.63) is 0 Å². The predicted molar refractivity (Wildman–Crippen MR) is 90.3 cm³/mol. The number of unbranched alkanes of at least 4 members (excludes halogenated alkanes) is 1. The van der Waals surface area contributed by atoms with Crippen LogP contribution in [-0.2, 0) is 9.47 Å². The fourth-order valence-electron chi connectivity index (χ4n) is 1.61. The monoisotopic (exact) mass is 339 g/mol. The Kier molecular flexibility index (Phi) is 23.6. The zero-order chi connectivity index (χ0) is 17.8. The van der Waals surface area contributed by atoms with Crippen LogP contribution in [0.5, 0.6) is 0 Å². The first-order chi connectivity index (χ1) is 11.2. The molecule has 1 atom stereocenters. The van der Waals surface area contributed by atoms with Gasteiger partial charge in [0.05, 0.1) is 26.4 Å². The Bertz CT molecular complexity index is 195. The molecule has 0 aliphatic carbocycles. The third-order valence-electron chi connectivity index (χ3n) is 2.98. The molecule has 1 unspecified atom stereocenters. The molecule has 0 aromatic heterocycles. The molecule has 0 heterocycles. The molecule has 0 aromatic carbocycles. The molecule has 23 heavy (non-hydrogen) atoms. The summed E-state index contributed by atoms with van der Waals surface area (Å²) in [5.41, 5.74) is 0. The number of ether oxygens (including phenoxy) is 2. The van der Waals surface area contributed by atoms with Crippen molar-refractivity contribution < 1.29 is 29.9 Å². The lowest BCUT2D eigenvalue weighted by molar-refractivity contribution is -0.104. The van der Waals surface area contributed by atoms with Crippen LogP contribution >= 0.6 is 0 Å². The molecule has 0 radical (unpaired) electrons. The lowest BCUT2D eigenvalue weighted by Crippen LogP contribution is -2.32. The van der Waals surface area contributed by atoms with Crippen molar-refractivity contribution in [2.75, 3.05) is 59.3 Å². The van der Waals surface area contributed by atoms with Gasteiger partial charge in [-0.3, -0.25) is 4.90 Å². The Hall–Kier alpha value is -0.280. The first kappa shape index (κ1) is 25.0. The first-order valence-electron chi connectivity index (χ1n) is 8.58. The van der Waals surface area contributed by atoms with Crippen LogP contribution in [0.15, 0.2) is 0 Å². The van der Waals surface area contributed by atoms with Gasteiger partial charge in [-0.15, -0.1) is 0 Å². The Morgan fingerprint density at radius 1 is 0.826 bits per heavy atom.